The number of furan rings is 1. The summed E-state index contributed by atoms with van der Waals surface area (Å²) in [5, 5.41) is 0. The SMILES string of the molecule is COc1ccc(NS(=O)(=O)c2cccc(C(=O)N(c3ccccn3)C(C)c3ccco3)c2)cc1. The van der Waals surface area contributed by atoms with Gasteiger partial charge < -0.3 is 9.15 Å². The third kappa shape index (κ3) is 4.94. The molecule has 9 heteroatoms. The van der Waals surface area contributed by atoms with E-state index >= 15 is 0 Å². The van der Waals surface area contributed by atoms with Gasteiger partial charge in [0.1, 0.15) is 17.3 Å². The molecule has 174 valence electrons. The predicted molar refractivity (Wildman–Crippen MR) is 128 cm³/mol. The molecule has 0 fully saturated rings. The molecule has 0 aliphatic heterocycles. The van der Waals surface area contributed by atoms with Crippen molar-refractivity contribution in [2.45, 2.75) is 17.9 Å². The van der Waals surface area contributed by atoms with Crippen LogP contribution in [0.5, 0.6) is 5.75 Å². The van der Waals surface area contributed by atoms with Gasteiger partial charge in [0.15, 0.2) is 0 Å². The number of pyridine rings is 1. The summed E-state index contributed by atoms with van der Waals surface area (Å²) >= 11 is 0. The molecular weight excluding hydrogens is 454 g/mol. The molecule has 0 saturated carbocycles. The number of ether oxygens (including phenoxy) is 1. The Hall–Kier alpha value is -4.11. The molecule has 1 amide bonds. The lowest BCUT2D eigenvalue weighted by molar-refractivity contribution is 0.0974. The van der Waals surface area contributed by atoms with Crippen molar-refractivity contribution in [1.29, 1.82) is 0 Å². The fraction of sp³-hybridized carbons (Fsp3) is 0.120. The highest BCUT2D eigenvalue weighted by Crippen LogP contribution is 2.28. The molecule has 8 nitrogen and oxygen atoms in total. The molecule has 0 spiro atoms. The number of benzene rings is 2. The standard InChI is InChI=1S/C25H23N3O5S/c1-18(23-9-6-16-33-23)28(24-10-3-4-15-26-24)25(29)19-7-5-8-22(17-19)34(30,31)27-20-11-13-21(32-2)14-12-20/h3-18,27H,1-2H3. The first-order valence-electron chi connectivity index (χ1n) is 10.4. The number of rotatable bonds is 8. The Morgan fingerprint density at radius 3 is 2.47 bits per heavy atom. The molecule has 1 unspecified atom stereocenters. The van der Waals surface area contributed by atoms with E-state index in [4.69, 9.17) is 9.15 Å². The van der Waals surface area contributed by atoms with Gasteiger partial charge in [-0.1, -0.05) is 12.1 Å². The number of hydrogen-bond acceptors (Lipinski definition) is 6. The molecule has 0 saturated heterocycles. The van der Waals surface area contributed by atoms with E-state index < -0.39 is 22.0 Å². The molecule has 4 rings (SSSR count). The van der Waals surface area contributed by atoms with E-state index in [1.54, 1.807) is 66.9 Å². The third-order valence-electron chi connectivity index (χ3n) is 5.19. The lowest BCUT2D eigenvalue weighted by Crippen LogP contribution is -2.34. The fourth-order valence-electron chi connectivity index (χ4n) is 3.44. The summed E-state index contributed by atoms with van der Waals surface area (Å²) in [6.45, 7) is 1.82. The number of carbonyl (C=O) groups excluding carboxylic acids is 1. The Morgan fingerprint density at radius 1 is 1.03 bits per heavy atom. The monoisotopic (exact) mass is 477 g/mol. The fourth-order valence-corrected chi connectivity index (χ4v) is 4.54. The summed E-state index contributed by atoms with van der Waals surface area (Å²) in [7, 11) is -2.41. The smallest absolute Gasteiger partial charge is 0.261 e. The van der Waals surface area contributed by atoms with Crippen LogP contribution in [0, 0.1) is 0 Å². The number of methoxy groups -OCH3 is 1. The second kappa shape index (κ2) is 9.80. The maximum Gasteiger partial charge on any atom is 0.261 e. The second-order valence-electron chi connectivity index (χ2n) is 7.42. The largest absolute Gasteiger partial charge is 0.497 e. The zero-order chi connectivity index (χ0) is 24.1. The third-order valence-corrected chi connectivity index (χ3v) is 6.57. The molecule has 2 heterocycles. The molecule has 0 aliphatic rings. The first-order chi connectivity index (χ1) is 16.4. The van der Waals surface area contributed by atoms with Gasteiger partial charge in [0.05, 0.1) is 24.3 Å². The number of sulfonamides is 1. The van der Waals surface area contributed by atoms with Crippen molar-refractivity contribution >= 4 is 27.4 Å². The Bertz CT molecular complexity index is 1360. The minimum Gasteiger partial charge on any atom is -0.497 e. The van der Waals surface area contributed by atoms with Gasteiger partial charge in [-0.2, -0.15) is 0 Å². The van der Waals surface area contributed by atoms with Crippen molar-refractivity contribution in [3.8, 4) is 5.75 Å². The molecule has 1 atom stereocenters. The van der Waals surface area contributed by atoms with Crippen molar-refractivity contribution < 1.29 is 22.4 Å². The molecular formula is C25H23N3O5S. The van der Waals surface area contributed by atoms with E-state index in [1.165, 1.54) is 36.5 Å². The van der Waals surface area contributed by atoms with Crippen molar-refractivity contribution in [1.82, 2.24) is 4.98 Å². The zero-order valence-electron chi connectivity index (χ0n) is 18.6. The van der Waals surface area contributed by atoms with Gasteiger partial charge in [0.2, 0.25) is 0 Å². The van der Waals surface area contributed by atoms with Gasteiger partial charge in [-0.05, 0) is 73.7 Å². The number of hydrogen-bond donors (Lipinski definition) is 1. The lowest BCUT2D eigenvalue weighted by Gasteiger charge is -2.27. The summed E-state index contributed by atoms with van der Waals surface area (Å²) in [6, 6.07) is 20.7. The van der Waals surface area contributed by atoms with Crippen LogP contribution in [0.1, 0.15) is 29.1 Å². The van der Waals surface area contributed by atoms with E-state index in [2.05, 4.69) is 9.71 Å². The maximum atomic E-state index is 13.6. The first kappa shape index (κ1) is 23.1. The number of nitrogens with one attached hydrogen (secondary N) is 1. The first-order valence-corrected chi connectivity index (χ1v) is 11.9. The summed E-state index contributed by atoms with van der Waals surface area (Å²) in [5.41, 5.74) is 0.570. The van der Waals surface area contributed by atoms with Crippen LogP contribution in [0.2, 0.25) is 0 Å². The quantitative estimate of drug-likeness (QED) is 0.388. The van der Waals surface area contributed by atoms with Crippen LogP contribution in [0.15, 0.2) is 101 Å². The summed E-state index contributed by atoms with van der Waals surface area (Å²) < 4.78 is 39.1. The topological polar surface area (TPSA) is 102 Å². The number of amides is 1. The van der Waals surface area contributed by atoms with Crippen LogP contribution in [-0.4, -0.2) is 26.4 Å². The van der Waals surface area contributed by atoms with Gasteiger partial charge in [0.25, 0.3) is 15.9 Å². The number of nitrogens with zero attached hydrogens (tertiary/aromatic N) is 2. The Labute approximate surface area is 197 Å². The zero-order valence-corrected chi connectivity index (χ0v) is 19.4. The second-order valence-corrected chi connectivity index (χ2v) is 9.10. The van der Waals surface area contributed by atoms with Crippen molar-refractivity contribution in [2.24, 2.45) is 0 Å². The van der Waals surface area contributed by atoms with Crippen molar-refractivity contribution in [2.75, 3.05) is 16.7 Å². The van der Waals surface area contributed by atoms with Gasteiger partial charge >= 0.3 is 0 Å². The van der Waals surface area contributed by atoms with E-state index in [-0.39, 0.29) is 10.5 Å². The average molecular weight is 478 g/mol. The van der Waals surface area contributed by atoms with Gasteiger partial charge in [-0.25, -0.2) is 13.4 Å². The van der Waals surface area contributed by atoms with Gasteiger partial charge in [-0.3, -0.25) is 14.4 Å². The Morgan fingerprint density at radius 2 is 1.82 bits per heavy atom. The molecule has 2 aromatic heterocycles. The van der Waals surface area contributed by atoms with E-state index in [0.29, 0.717) is 23.0 Å². The normalized spacial score (nSPS) is 12.1. The Balaban J connectivity index is 1.66. The van der Waals surface area contributed by atoms with Gasteiger partial charge in [-0.15, -0.1) is 0 Å². The van der Waals surface area contributed by atoms with Crippen LogP contribution in [0.4, 0.5) is 11.5 Å². The van der Waals surface area contributed by atoms with Crippen LogP contribution in [-0.2, 0) is 10.0 Å². The Kier molecular flexibility index (Phi) is 6.65. The number of anilines is 2. The highest BCUT2D eigenvalue weighted by Gasteiger charge is 2.28. The highest BCUT2D eigenvalue weighted by atomic mass is 32.2. The molecule has 0 radical (unpaired) electrons. The van der Waals surface area contributed by atoms with Crippen LogP contribution in [0.25, 0.3) is 0 Å². The minimum absolute atomic E-state index is 0.0409. The molecule has 0 aliphatic carbocycles. The van der Waals surface area contributed by atoms with Crippen LogP contribution >= 0.6 is 0 Å². The highest BCUT2D eigenvalue weighted by molar-refractivity contribution is 7.92. The molecule has 4 aromatic rings. The van der Waals surface area contributed by atoms with Crippen molar-refractivity contribution in [3.63, 3.8) is 0 Å². The number of aromatic nitrogens is 1. The van der Waals surface area contributed by atoms with E-state index in [0.717, 1.165) is 0 Å². The molecule has 1 N–H and O–H groups in total. The van der Waals surface area contributed by atoms with Crippen LogP contribution < -0.4 is 14.4 Å². The molecule has 2 aromatic carbocycles. The minimum atomic E-state index is -3.94. The van der Waals surface area contributed by atoms with E-state index in [1.807, 2.05) is 6.92 Å². The summed E-state index contributed by atoms with van der Waals surface area (Å²) in [6.07, 6.45) is 3.12. The number of carbonyl (C=O) groups is 1. The molecule has 0 bridgehead atoms. The van der Waals surface area contributed by atoms with Crippen molar-refractivity contribution in [3.05, 3.63) is 103 Å². The van der Waals surface area contributed by atoms with Gasteiger partial charge in [0, 0.05) is 17.4 Å². The summed E-state index contributed by atoms with van der Waals surface area (Å²) in [5.74, 6) is 1.19. The average Bonchev–Trinajstić information content (AvgIpc) is 3.40. The maximum absolute atomic E-state index is 13.6. The predicted octanol–water partition coefficient (Wildman–Crippen LogP) is 4.89. The van der Waals surface area contributed by atoms with E-state index in [9.17, 15) is 13.2 Å². The van der Waals surface area contributed by atoms with Crippen LogP contribution in [0.3, 0.4) is 0 Å². The summed E-state index contributed by atoms with van der Waals surface area (Å²) in [4.78, 5) is 19.4. The molecule has 34 heavy (non-hydrogen) atoms. The lowest BCUT2D eigenvalue weighted by atomic mass is 10.1.